The van der Waals surface area contributed by atoms with Crippen molar-refractivity contribution in [2.45, 2.75) is 25.4 Å². The molecule has 0 unspecified atom stereocenters. The van der Waals surface area contributed by atoms with Crippen molar-refractivity contribution in [1.29, 1.82) is 0 Å². The van der Waals surface area contributed by atoms with Crippen LogP contribution in [0.3, 0.4) is 0 Å². The molecule has 2 aromatic carbocycles. The van der Waals surface area contributed by atoms with Crippen LogP contribution in [-0.4, -0.2) is 22.6 Å². The molecule has 0 amide bonds. The van der Waals surface area contributed by atoms with E-state index in [-0.39, 0.29) is 5.78 Å². The molecule has 7 heteroatoms. The van der Waals surface area contributed by atoms with Crippen LogP contribution in [0.2, 0.25) is 0 Å². The predicted octanol–water partition coefficient (Wildman–Crippen LogP) is 5.53. The first-order chi connectivity index (χ1) is 13.1. The summed E-state index contributed by atoms with van der Waals surface area (Å²) in [6.07, 6.45) is 0. The maximum Gasteiger partial charge on any atom is 0.248 e. The lowest BCUT2D eigenvalue weighted by Gasteiger charge is -2.11. The molecular formula is C20H19BrN2O3S. The highest BCUT2D eigenvalue weighted by Gasteiger charge is 2.12. The standard InChI is InChI=1S/C20H19BrN2O3S/c1-3-25-18-9-8-14(13(2)24)10-15(18)11-27-12-19-22-23-20(26-19)16-6-4-5-7-17(16)21/h4-10H,3,11-12H2,1-2H3. The van der Waals surface area contributed by atoms with Crippen molar-refractivity contribution in [3.8, 4) is 17.2 Å². The number of ketones is 1. The number of aromatic nitrogens is 2. The van der Waals surface area contributed by atoms with Gasteiger partial charge in [0.2, 0.25) is 11.8 Å². The number of carbonyl (C=O) groups excluding carboxylic acids is 1. The van der Waals surface area contributed by atoms with Gasteiger partial charge in [0.1, 0.15) is 5.75 Å². The number of rotatable bonds is 8. The maximum absolute atomic E-state index is 11.6. The molecule has 0 N–H and O–H groups in total. The van der Waals surface area contributed by atoms with Crippen LogP contribution in [-0.2, 0) is 11.5 Å². The molecule has 0 saturated heterocycles. The second kappa shape index (κ2) is 9.19. The summed E-state index contributed by atoms with van der Waals surface area (Å²) >= 11 is 5.13. The molecule has 0 radical (unpaired) electrons. The van der Waals surface area contributed by atoms with Gasteiger partial charge >= 0.3 is 0 Å². The van der Waals surface area contributed by atoms with Crippen LogP contribution < -0.4 is 4.74 Å². The Labute approximate surface area is 170 Å². The number of benzene rings is 2. The number of thioether (sulfide) groups is 1. The first kappa shape index (κ1) is 19.6. The molecule has 3 aromatic rings. The van der Waals surface area contributed by atoms with Gasteiger partial charge in [-0.25, -0.2) is 0 Å². The first-order valence-electron chi connectivity index (χ1n) is 8.50. The minimum absolute atomic E-state index is 0.0410. The van der Waals surface area contributed by atoms with Crippen LogP contribution in [0.5, 0.6) is 5.75 Å². The van der Waals surface area contributed by atoms with Crippen molar-refractivity contribution in [2.75, 3.05) is 6.61 Å². The molecular weight excluding hydrogens is 428 g/mol. The van der Waals surface area contributed by atoms with E-state index < -0.39 is 0 Å². The Bertz CT molecular complexity index is 942. The highest BCUT2D eigenvalue weighted by Crippen LogP contribution is 2.29. The SMILES string of the molecule is CCOc1ccc(C(C)=O)cc1CSCc1nnc(-c2ccccc2Br)o1. The summed E-state index contributed by atoms with van der Waals surface area (Å²) in [7, 11) is 0. The molecule has 0 aliphatic carbocycles. The second-order valence-electron chi connectivity index (χ2n) is 5.79. The number of hydrogen-bond donors (Lipinski definition) is 0. The Kier molecular flexibility index (Phi) is 6.68. The summed E-state index contributed by atoms with van der Waals surface area (Å²) in [4.78, 5) is 11.6. The zero-order chi connectivity index (χ0) is 19.2. The zero-order valence-corrected chi connectivity index (χ0v) is 17.5. The fourth-order valence-electron chi connectivity index (χ4n) is 2.51. The Morgan fingerprint density at radius 2 is 2.00 bits per heavy atom. The average molecular weight is 447 g/mol. The van der Waals surface area contributed by atoms with Crippen LogP contribution in [0.1, 0.15) is 35.7 Å². The summed E-state index contributed by atoms with van der Waals surface area (Å²) in [5, 5.41) is 8.25. The molecule has 1 heterocycles. The number of ether oxygens (including phenoxy) is 1. The Morgan fingerprint density at radius 3 is 2.74 bits per heavy atom. The third-order valence-corrected chi connectivity index (χ3v) is 5.48. The molecule has 3 rings (SSSR count). The molecule has 5 nitrogen and oxygen atoms in total. The summed E-state index contributed by atoms with van der Waals surface area (Å²) in [6.45, 7) is 4.09. The number of Topliss-reactive ketones (excluding diaryl/α,β-unsaturated/α-hetero) is 1. The van der Waals surface area contributed by atoms with Gasteiger partial charge in [-0.05, 0) is 60.1 Å². The Balaban J connectivity index is 1.67. The van der Waals surface area contributed by atoms with Crippen molar-refractivity contribution < 1.29 is 13.9 Å². The maximum atomic E-state index is 11.6. The van der Waals surface area contributed by atoms with E-state index in [2.05, 4.69) is 26.1 Å². The lowest BCUT2D eigenvalue weighted by molar-refractivity contribution is 0.101. The minimum atomic E-state index is 0.0410. The third kappa shape index (κ3) is 4.99. The van der Waals surface area contributed by atoms with E-state index in [9.17, 15) is 4.79 Å². The summed E-state index contributed by atoms with van der Waals surface area (Å²) < 4.78 is 12.4. The fourth-order valence-corrected chi connectivity index (χ4v) is 3.80. The van der Waals surface area contributed by atoms with E-state index in [4.69, 9.17) is 9.15 Å². The van der Waals surface area contributed by atoms with Gasteiger partial charge in [-0.15, -0.1) is 22.0 Å². The molecule has 0 saturated carbocycles. The van der Waals surface area contributed by atoms with Crippen molar-refractivity contribution in [3.05, 3.63) is 64.0 Å². The first-order valence-corrected chi connectivity index (χ1v) is 10.4. The molecule has 0 fully saturated rings. The Morgan fingerprint density at radius 1 is 1.19 bits per heavy atom. The van der Waals surface area contributed by atoms with Gasteiger partial charge in [0.25, 0.3) is 0 Å². The topological polar surface area (TPSA) is 65.2 Å². The Hall–Kier alpha value is -2.12. The fraction of sp³-hybridized carbons (Fsp3) is 0.250. The molecule has 1 aromatic heterocycles. The second-order valence-corrected chi connectivity index (χ2v) is 7.63. The summed E-state index contributed by atoms with van der Waals surface area (Å²) in [5.41, 5.74) is 2.54. The van der Waals surface area contributed by atoms with Crippen LogP contribution in [0.4, 0.5) is 0 Å². The van der Waals surface area contributed by atoms with Crippen LogP contribution in [0.15, 0.2) is 51.4 Å². The normalized spacial score (nSPS) is 10.8. The molecule has 0 aliphatic heterocycles. The van der Waals surface area contributed by atoms with Gasteiger partial charge in [-0.2, -0.15) is 0 Å². The lowest BCUT2D eigenvalue weighted by Crippen LogP contribution is -1.99. The van der Waals surface area contributed by atoms with E-state index in [1.54, 1.807) is 24.8 Å². The van der Waals surface area contributed by atoms with Gasteiger partial charge in [0, 0.05) is 21.4 Å². The predicted molar refractivity (Wildman–Crippen MR) is 110 cm³/mol. The number of hydrogen-bond acceptors (Lipinski definition) is 6. The van der Waals surface area contributed by atoms with Crippen LogP contribution in [0, 0.1) is 0 Å². The van der Waals surface area contributed by atoms with E-state index in [0.717, 1.165) is 21.3 Å². The molecule has 0 spiro atoms. The van der Waals surface area contributed by atoms with Crippen molar-refractivity contribution >= 4 is 33.5 Å². The van der Waals surface area contributed by atoms with E-state index in [1.165, 1.54) is 0 Å². The van der Waals surface area contributed by atoms with E-state index >= 15 is 0 Å². The quantitative estimate of drug-likeness (QED) is 0.423. The highest BCUT2D eigenvalue weighted by molar-refractivity contribution is 9.10. The molecule has 0 aliphatic rings. The van der Waals surface area contributed by atoms with Gasteiger partial charge in [-0.3, -0.25) is 4.79 Å². The lowest BCUT2D eigenvalue weighted by atomic mass is 10.1. The highest BCUT2D eigenvalue weighted by atomic mass is 79.9. The smallest absolute Gasteiger partial charge is 0.248 e. The van der Waals surface area contributed by atoms with Crippen LogP contribution >= 0.6 is 27.7 Å². The van der Waals surface area contributed by atoms with Crippen molar-refractivity contribution in [2.24, 2.45) is 0 Å². The molecule has 0 bridgehead atoms. The molecule has 0 atom stereocenters. The zero-order valence-electron chi connectivity index (χ0n) is 15.1. The summed E-state index contributed by atoms with van der Waals surface area (Å²) in [6, 6.07) is 13.3. The summed E-state index contributed by atoms with van der Waals surface area (Å²) in [5.74, 6) is 3.16. The van der Waals surface area contributed by atoms with Crippen LogP contribution in [0.25, 0.3) is 11.5 Å². The number of nitrogens with zero attached hydrogens (tertiary/aromatic N) is 2. The van der Waals surface area contributed by atoms with Gasteiger partial charge < -0.3 is 9.15 Å². The van der Waals surface area contributed by atoms with E-state index in [1.807, 2.05) is 43.3 Å². The van der Waals surface area contributed by atoms with Gasteiger partial charge in [0.15, 0.2) is 5.78 Å². The number of halogens is 1. The number of carbonyl (C=O) groups is 1. The monoisotopic (exact) mass is 446 g/mol. The molecule has 140 valence electrons. The van der Waals surface area contributed by atoms with Gasteiger partial charge in [-0.1, -0.05) is 12.1 Å². The average Bonchev–Trinajstić information content (AvgIpc) is 3.12. The van der Waals surface area contributed by atoms with Crippen molar-refractivity contribution in [1.82, 2.24) is 10.2 Å². The minimum Gasteiger partial charge on any atom is -0.494 e. The molecule has 27 heavy (non-hydrogen) atoms. The third-order valence-electron chi connectivity index (χ3n) is 3.82. The van der Waals surface area contributed by atoms with Crippen molar-refractivity contribution in [3.63, 3.8) is 0 Å². The van der Waals surface area contributed by atoms with E-state index in [0.29, 0.717) is 35.5 Å². The van der Waals surface area contributed by atoms with Gasteiger partial charge in [0.05, 0.1) is 17.9 Å². The largest absolute Gasteiger partial charge is 0.494 e.